The maximum atomic E-state index is 13.8. The number of nitrogens with zero attached hydrogens (tertiary/aromatic N) is 2. The summed E-state index contributed by atoms with van der Waals surface area (Å²) in [6.07, 6.45) is -0.394. The molecular formula is C18H26FN3O4S. The SMILES string of the molecule is Cc1cc(F)cc(CN2[C@@H]3CN(C(=O)NC(C)C)C[C@@H]3OCCS2(=O)=O)c1. The van der Waals surface area contributed by atoms with E-state index in [0.717, 1.165) is 5.56 Å². The molecule has 27 heavy (non-hydrogen) atoms. The van der Waals surface area contributed by atoms with Crippen molar-refractivity contribution in [1.82, 2.24) is 14.5 Å². The van der Waals surface area contributed by atoms with Gasteiger partial charge in [-0.1, -0.05) is 6.07 Å². The molecule has 2 amide bonds. The summed E-state index contributed by atoms with van der Waals surface area (Å²) in [7, 11) is -3.58. The number of likely N-dealkylation sites (tertiary alicyclic amines) is 1. The maximum Gasteiger partial charge on any atom is 0.317 e. The molecule has 150 valence electrons. The minimum atomic E-state index is -3.58. The molecule has 0 unspecified atom stereocenters. The molecule has 0 saturated carbocycles. The number of carbonyl (C=O) groups excluding carboxylic acids is 1. The molecule has 7 nitrogen and oxygen atoms in total. The van der Waals surface area contributed by atoms with Gasteiger partial charge in [0.1, 0.15) is 5.82 Å². The van der Waals surface area contributed by atoms with Gasteiger partial charge in [0.15, 0.2) is 0 Å². The molecule has 2 fully saturated rings. The maximum absolute atomic E-state index is 13.8. The first-order valence-corrected chi connectivity index (χ1v) is 10.7. The first-order chi connectivity index (χ1) is 12.7. The number of benzene rings is 1. The van der Waals surface area contributed by atoms with Crippen molar-refractivity contribution in [2.75, 3.05) is 25.4 Å². The van der Waals surface area contributed by atoms with Gasteiger partial charge in [-0.05, 0) is 44.0 Å². The number of sulfonamides is 1. The van der Waals surface area contributed by atoms with Gasteiger partial charge in [0.25, 0.3) is 0 Å². The first-order valence-electron chi connectivity index (χ1n) is 9.08. The number of carbonyl (C=O) groups is 1. The van der Waals surface area contributed by atoms with Gasteiger partial charge >= 0.3 is 6.03 Å². The average Bonchev–Trinajstić information content (AvgIpc) is 2.90. The summed E-state index contributed by atoms with van der Waals surface area (Å²) in [6.45, 7) is 6.22. The molecule has 0 aliphatic carbocycles. The summed E-state index contributed by atoms with van der Waals surface area (Å²) in [5.74, 6) is -0.513. The molecule has 0 aromatic heterocycles. The Morgan fingerprint density at radius 1 is 1.33 bits per heavy atom. The van der Waals surface area contributed by atoms with Crippen molar-refractivity contribution < 1.29 is 22.3 Å². The zero-order valence-corrected chi connectivity index (χ0v) is 16.6. The Morgan fingerprint density at radius 2 is 2.07 bits per heavy atom. The molecule has 2 saturated heterocycles. The van der Waals surface area contributed by atoms with Gasteiger partial charge in [-0.15, -0.1) is 0 Å². The Hall–Kier alpha value is -1.71. The van der Waals surface area contributed by atoms with Crippen LogP contribution in [0.5, 0.6) is 0 Å². The van der Waals surface area contributed by atoms with Crippen molar-refractivity contribution in [3.05, 3.63) is 35.1 Å². The summed E-state index contributed by atoms with van der Waals surface area (Å²) in [4.78, 5) is 13.9. The van der Waals surface area contributed by atoms with Crippen molar-refractivity contribution in [1.29, 1.82) is 0 Å². The molecule has 2 atom stereocenters. The molecule has 2 heterocycles. The lowest BCUT2D eigenvalue weighted by Gasteiger charge is -2.28. The van der Waals surface area contributed by atoms with Crippen LogP contribution in [0.3, 0.4) is 0 Å². The first kappa shape index (κ1) is 20.0. The standard InChI is InChI=1S/C18H26FN3O4S/c1-12(2)20-18(23)21-10-16-17(11-21)26-4-5-27(24,25)22(16)9-14-6-13(3)7-15(19)8-14/h6-8,12,16-17H,4-5,9-11H2,1-3H3,(H,20,23)/t16-,17+/m1/s1. The van der Waals surface area contributed by atoms with Gasteiger partial charge in [-0.3, -0.25) is 0 Å². The number of nitrogens with one attached hydrogen (secondary N) is 1. The number of hydrogen-bond acceptors (Lipinski definition) is 4. The van der Waals surface area contributed by atoms with Gasteiger partial charge < -0.3 is 15.0 Å². The van der Waals surface area contributed by atoms with E-state index in [1.54, 1.807) is 17.9 Å². The second-order valence-electron chi connectivity index (χ2n) is 7.48. The van der Waals surface area contributed by atoms with Crippen LogP contribution in [0.25, 0.3) is 0 Å². The lowest BCUT2D eigenvalue weighted by molar-refractivity contribution is 0.0470. The number of rotatable bonds is 3. The van der Waals surface area contributed by atoms with Crippen molar-refractivity contribution >= 4 is 16.1 Å². The van der Waals surface area contributed by atoms with E-state index in [2.05, 4.69) is 5.32 Å². The number of ether oxygens (including phenoxy) is 1. The third-order valence-corrected chi connectivity index (χ3v) is 6.57. The van der Waals surface area contributed by atoms with Crippen LogP contribution in [0.4, 0.5) is 9.18 Å². The molecular weight excluding hydrogens is 373 g/mol. The molecule has 0 bridgehead atoms. The Bertz CT molecular complexity index is 795. The Morgan fingerprint density at radius 3 is 2.74 bits per heavy atom. The Labute approximate surface area is 159 Å². The van der Waals surface area contributed by atoms with Crippen LogP contribution >= 0.6 is 0 Å². The molecule has 1 aromatic rings. The summed E-state index contributed by atoms with van der Waals surface area (Å²) < 4.78 is 46.5. The zero-order chi connectivity index (χ0) is 19.8. The molecule has 2 aliphatic rings. The van der Waals surface area contributed by atoms with E-state index in [1.165, 1.54) is 16.4 Å². The smallest absolute Gasteiger partial charge is 0.317 e. The second-order valence-corrected chi connectivity index (χ2v) is 9.52. The average molecular weight is 399 g/mol. The molecule has 1 N–H and O–H groups in total. The summed E-state index contributed by atoms with van der Waals surface area (Å²) in [6, 6.07) is 3.79. The third kappa shape index (κ3) is 4.59. The Balaban J connectivity index is 1.86. The number of urea groups is 1. The van der Waals surface area contributed by atoms with E-state index < -0.39 is 28.0 Å². The van der Waals surface area contributed by atoms with Crippen molar-refractivity contribution in [2.45, 2.75) is 45.5 Å². The quantitative estimate of drug-likeness (QED) is 0.835. The van der Waals surface area contributed by atoms with Crippen LogP contribution in [-0.2, 0) is 21.3 Å². The number of halogens is 1. The van der Waals surface area contributed by atoms with E-state index in [4.69, 9.17) is 4.74 Å². The van der Waals surface area contributed by atoms with Gasteiger partial charge in [0.2, 0.25) is 10.0 Å². The second kappa shape index (κ2) is 7.73. The number of fused-ring (bicyclic) bond motifs is 1. The van der Waals surface area contributed by atoms with E-state index in [9.17, 15) is 17.6 Å². The van der Waals surface area contributed by atoms with Gasteiger partial charge in [0, 0.05) is 19.1 Å². The molecule has 3 rings (SSSR count). The third-order valence-electron chi connectivity index (χ3n) is 4.78. The predicted octanol–water partition coefficient (Wildman–Crippen LogP) is 1.47. The molecule has 0 radical (unpaired) electrons. The van der Waals surface area contributed by atoms with Crippen LogP contribution in [0.15, 0.2) is 18.2 Å². The van der Waals surface area contributed by atoms with Crippen LogP contribution in [0.1, 0.15) is 25.0 Å². The molecule has 0 spiro atoms. The molecule has 2 aliphatic heterocycles. The van der Waals surface area contributed by atoms with Crippen LogP contribution < -0.4 is 5.32 Å². The lowest BCUT2D eigenvalue weighted by atomic mass is 10.1. The summed E-state index contributed by atoms with van der Waals surface area (Å²) in [5, 5.41) is 2.82. The molecule has 1 aromatic carbocycles. The van der Waals surface area contributed by atoms with Crippen molar-refractivity contribution in [2.24, 2.45) is 0 Å². The lowest BCUT2D eigenvalue weighted by Crippen LogP contribution is -2.46. The van der Waals surface area contributed by atoms with Crippen molar-refractivity contribution in [3.8, 4) is 0 Å². The van der Waals surface area contributed by atoms with E-state index in [0.29, 0.717) is 12.1 Å². The van der Waals surface area contributed by atoms with Crippen molar-refractivity contribution in [3.63, 3.8) is 0 Å². The highest BCUT2D eigenvalue weighted by atomic mass is 32.2. The summed E-state index contributed by atoms with van der Waals surface area (Å²) >= 11 is 0. The minimum Gasteiger partial charge on any atom is -0.374 e. The number of amides is 2. The van der Waals surface area contributed by atoms with E-state index >= 15 is 0 Å². The van der Waals surface area contributed by atoms with Crippen LogP contribution in [0, 0.1) is 12.7 Å². The van der Waals surface area contributed by atoms with E-state index in [1.807, 2.05) is 13.8 Å². The minimum absolute atomic E-state index is 0.0149. The summed E-state index contributed by atoms with van der Waals surface area (Å²) in [5.41, 5.74) is 1.32. The highest BCUT2D eigenvalue weighted by molar-refractivity contribution is 7.89. The van der Waals surface area contributed by atoms with Crippen LogP contribution in [0.2, 0.25) is 0 Å². The monoisotopic (exact) mass is 399 g/mol. The molecule has 9 heteroatoms. The fourth-order valence-electron chi connectivity index (χ4n) is 3.63. The Kier molecular flexibility index (Phi) is 5.73. The highest BCUT2D eigenvalue weighted by Gasteiger charge is 2.45. The fraction of sp³-hybridized carbons (Fsp3) is 0.611. The van der Waals surface area contributed by atoms with Gasteiger partial charge in [-0.2, -0.15) is 4.31 Å². The normalized spacial score (nSPS) is 25.3. The highest BCUT2D eigenvalue weighted by Crippen LogP contribution is 2.27. The number of hydrogen-bond donors (Lipinski definition) is 1. The van der Waals surface area contributed by atoms with Crippen LogP contribution in [-0.4, -0.2) is 67.3 Å². The topological polar surface area (TPSA) is 79.0 Å². The number of aryl methyl sites for hydroxylation is 1. The zero-order valence-electron chi connectivity index (χ0n) is 15.8. The largest absolute Gasteiger partial charge is 0.374 e. The van der Waals surface area contributed by atoms with E-state index in [-0.39, 0.29) is 37.5 Å². The predicted molar refractivity (Wildman–Crippen MR) is 99.2 cm³/mol. The van der Waals surface area contributed by atoms with Gasteiger partial charge in [0.05, 0.1) is 31.1 Å². The van der Waals surface area contributed by atoms with Gasteiger partial charge in [-0.25, -0.2) is 17.6 Å². The fourth-order valence-corrected chi connectivity index (χ4v) is 5.13.